The second-order valence-corrected chi connectivity index (χ2v) is 7.81. The van der Waals surface area contributed by atoms with Crippen LogP contribution in [0.2, 0.25) is 0 Å². The molecule has 2 amide bonds. The van der Waals surface area contributed by atoms with Crippen LogP contribution in [0.25, 0.3) is 0 Å². The number of carbonyl (C=O) groups is 3. The number of carbonyl (C=O) groups excluding carboxylic acids is 3. The van der Waals surface area contributed by atoms with Crippen LogP contribution in [0, 0.1) is 11.3 Å². The summed E-state index contributed by atoms with van der Waals surface area (Å²) in [5, 5.41) is 0. The third-order valence-electron chi connectivity index (χ3n) is 5.87. The number of hydrogen-bond acceptors (Lipinski definition) is 4. The standard InChI is InChI=1S/C19H25NO4/c1-11(2)10-14-18(3,4)19(14,17(23)24-5)20-15(21)12-8-6-7-9-13(12)16(20)22/h10,14H,6-9H2,1-5H3/t14-,19+/m1/s1. The Bertz CT molecular complexity index is 668. The molecular formula is C19H25NO4. The molecule has 0 unspecified atom stereocenters. The molecule has 3 rings (SSSR count). The first-order valence-electron chi connectivity index (χ1n) is 8.55. The van der Waals surface area contributed by atoms with Crippen molar-refractivity contribution >= 4 is 17.8 Å². The zero-order valence-electron chi connectivity index (χ0n) is 15.1. The van der Waals surface area contributed by atoms with E-state index in [0.717, 1.165) is 18.4 Å². The van der Waals surface area contributed by atoms with E-state index in [4.69, 9.17) is 4.74 Å². The molecule has 1 saturated carbocycles. The van der Waals surface area contributed by atoms with Crippen molar-refractivity contribution in [1.82, 2.24) is 4.90 Å². The van der Waals surface area contributed by atoms with E-state index in [0.29, 0.717) is 24.0 Å². The first kappa shape index (κ1) is 16.9. The van der Waals surface area contributed by atoms with Crippen molar-refractivity contribution in [3.63, 3.8) is 0 Å². The fourth-order valence-electron chi connectivity index (χ4n) is 4.57. The summed E-state index contributed by atoms with van der Waals surface area (Å²) in [5.74, 6) is -1.32. The third kappa shape index (κ3) is 1.90. The molecule has 24 heavy (non-hydrogen) atoms. The maximum atomic E-state index is 13.0. The van der Waals surface area contributed by atoms with E-state index in [9.17, 15) is 14.4 Å². The van der Waals surface area contributed by atoms with Crippen LogP contribution in [0.3, 0.4) is 0 Å². The minimum absolute atomic E-state index is 0.225. The third-order valence-corrected chi connectivity index (χ3v) is 5.87. The fraction of sp³-hybridized carbons (Fsp3) is 0.632. The highest BCUT2D eigenvalue weighted by molar-refractivity contribution is 6.22. The van der Waals surface area contributed by atoms with Crippen LogP contribution in [0.4, 0.5) is 0 Å². The smallest absolute Gasteiger partial charge is 0.333 e. The number of rotatable bonds is 3. The zero-order valence-corrected chi connectivity index (χ0v) is 15.1. The maximum absolute atomic E-state index is 13.0. The highest BCUT2D eigenvalue weighted by atomic mass is 16.5. The first-order valence-corrected chi connectivity index (χ1v) is 8.55. The summed E-state index contributed by atoms with van der Waals surface area (Å²) in [7, 11) is 1.32. The average Bonchev–Trinajstić information content (AvgIpc) is 2.88. The molecule has 130 valence electrons. The predicted octanol–water partition coefficient (Wildman–Crippen LogP) is 2.76. The van der Waals surface area contributed by atoms with Crippen molar-refractivity contribution in [3.05, 3.63) is 22.8 Å². The molecule has 2 aliphatic carbocycles. The largest absolute Gasteiger partial charge is 0.467 e. The van der Waals surface area contributed by atoms with Crippen molar-refractivity contribution in [3.8, 4) is 0 Å². The van der Waals surface area contributed by atoms with E-state index in [1.807, 2.05) is 33.8 Å². The van der Waals surface area contributed by atoms with E-state index in [1.54, 1.807) is 0 Å². The first-order chi connectivity index (χ1) is 11.2. The second-order valence-electron chi connectivity index (χ2n) is 7.81. The van der Waals surface area contributed by atoms with Gasteiger partial charge in [0.2, 0.25) is 0 Å². The van der Waals surface area contributed by atoms with Crippen molar-refractivity contribution in [1.29, 1.82) is 0 Å². The Kier molecular flexibility index (Phi) is 3.74. The summed E-state index contributed by atoms with van der Waals surface area (Å²) < 4.78 is 5.05. The summed E-state index contributed by atoms with van der Waals surface area (Å²) in [6.07, 6.45) is 5.06. The van der Waals surface area contributed by atoms with E-state index in [2.05, 4.69) is 0 Å². The van der Waals surface area contributed by atoms with Crippen LogP contribution in [-0.2, 0) is 19.1 Å². The highest BCUT2D eigenvalue weighted by Crippen LogP contribution is 2.67. The van der Waals surface area contributed by atoms with Crippen molar-refractivity contribution in [2.45, 2.75) is 58.9 Å². The van der Waals surface area contributed by atoms with Gasteiger partial charge in [0.25, 0.3) is 11.8 Å². The Morgan fingerprint density at radius 1 is 1.12 bits per heavy atom. The molecule has 0 bridgehead atoms. The van der Waals surface area contributed by atoms with Gasteiger partial charge in [0.1, 0.15) is 0 Å². The van der Waals surface area contributed by atoms with Gasteiger partial charge in [-0.25, -0.2) is 4.79 Å². The number of esters is 1. The predicted molar refractivity (Wildman–Crippen MR) is 88.8 cm³/mol. The Hall–Kier alpha value is -1.91. The number of nitrogens with zero attached hydrogens (tertiary/aromatic N) is 1. The normalized spacial score (nSPS) is 31.0. The number of amides is 2. The van der Waals surface area contributed by atoms with Crippen LogP contribution in [0.1, 0.15) is 53.4 Å². The van der Waals surface area contributed by atoms with Gasteiger partial charge < -0.3 is 4.74 Å². The van der Waals surface area contributed by atoms with Gasteiger partial charge in [-0.05, 0) is 39.5 Å². The highest BCUT2D eigenvalue weighted by Gasteiger charge is 2.81. The number of imide groups is 1. The van der Waals surface area contributed by atoms with E-state index in [1.165, 1.54) is 12.0 Å². The Morgan fingerprint density at radius 3 is 2.04 bits per heavy atom. The van der Waals surface area contributed by atoms with Crippen LogP contribution in [0.15, 0.2) is 22.8 Å². The van der Waals surface area contributed by atoms with Crippen molar-refractivity contribution in [2.24, 2.45) is 11.3 Å². The molecule has 0 aromatic rings. The summed E-state index contributed by atoms with van der Waals surface area (Å²) in [4.78, 5) is 40.0. The van der Waals surface area contributed by atoms with Crippen LogP contribution in [-0.4, -0.2) is 35.3 Å². The van der Waals surface area contributed by atoms with Gasteiger partial charge in [0.15, 0.2) is 5.54 Å². The van der Waals surface area contributed by atoms with Gasteiger partial charge in [-0.1, -0.05) is 25.5 Å². The van der Waals surface area contributed by atoms with Gasteiger partial charge in [-0.3, -0.25) is 14.5 Å². The minimum Gasteiger partial charge on any atom is -0.467 e. The Morgan fingerprint density at radius 2 is 1.62 bits per heavy atom. The monoisotopic (exact) mass is 331 g/mol. The summed E-state index contributed by atoms with van der Waals surface area (Å²) in [6, 6.07) is 0. The average molecular weight is 331 g/mol. The Labute approximate surface area is 142 Å². The van der Waals surface area contributed by atoms with Crippen LogP contribution < -0.4 is 0 Å². The fourth-order valence-corrected chi connectivity index (χ4v) is 4.57. The topological polar surface area (TPSA) is 63.7 Å². The summed E-state index contributed by atoms with van der Waals surface area (Å²) in [5.41, 5.74) is 0.485. The van der Waals surface area contributed by atoms with Crippen LogP contribution >= 0.6 is 0 Å². The lowest BCUT2D eigenvalue weighted by Crippen LogP contribution is -2.52. The molecule has 2 atom stereocenters. The summed E-state index contributed by atoms with van der Waals surface area (Å²) in [6.45, 7) is 7.75. The molecule has 0 saturated heterocycles. The molecule has 1 fully saturated rings. The lowest BCUT2D eigenvalue weighted by Gasteiger charge is -2.28. The summed E-state index contributed by atoms with van der Waals surface area (Å²) >= 11 is 0. The molecule has 0 radical (unpaired) electrons. The maximum Gasteiger partial charge on any atom is 0.333 e. The number of methoxy groups -OCH3 is 1. The van der Waals surface area contributed by atoms with Gasteiger partial charge >= 0.3 is 5.97 Å². The quantitative estimate of drug-likeness (QED) is 0.453. The molecule has 1 heterocycles. The molecule has 3 aliphatic rings. The van der Waals surface area contributed by atoms with Crippen molar-refractivity contribution in [2.75, 3.05) is 7.11 Å². The van der Waals surface area contributed by atoms with E-state index < -0.39 is 16.9 Å². The lowest BCUT2D eigenvalue weighted by molar-refractivity contribution is -0.160. The Balaban J connectivity index is 2.10. The second kappa shape index (κ2) is 5.30. The minimum atomic E-state index is -1.23. The molecule has 0 N–H and O–H groups in total. The number of hydrogen-bond donors (Lipinski definition) is 0. The molecule has 0 aromatic carbocycles. The molecule has 5 heteroatoms. The number of ether oxygens (including phenoxy) is 1. The van der Waals surface area contributed by atoms with Gasteiger partial charge in [0.05, 0.1) is 7.11 Å². The SMILES string of the molecule is COC(=O)[C@@]1(N2C(=O)C3=C(CCCC3)C2=O)[C@H](C=C(C)C)C1(C)C. The molecule has 1 aliphatic heterocycles. The van der Waals surface area contributed by atoms with Gasteiger partial charge in [0, 0.05) is 22.5 Å². The van der Waals surface area contributed by atoms with Gasteiger partial charge in [-0.2, -0.15) is 0 Å². The molecule has 0 aromatic heterocycles. The van der Waals surface area contributed by atoms with E-state index >= 15 is 0 Å². The molecule has 0 spiro atoms. The number of allylic oxidation sites excluding steroid dienone is 1. The van der Waals surface area contributed by atoms with E-state index in [-0.39, 0.29) is 17.7 Å². The van der Waals surface area contributed by atoms with Gasteiger partial charge in [-0.15, -0.1) is 0 Å². The zero-order chi connectivity index (χ0) is 17.9. The molecular weight excluding hydrogens is 306 g/mol. The van der Waals surface area contributed by atoms with Crippen molar-refractivity contribution < 1.29 is 19.1 Å². The van der Waals surface area contributed by atoms with Crippen LogP contribution in [0.5, 0.6) is 0 Å². The molecule has 5 nitrogen and oxygen atoms in total. The lowest BCUT2D eigenvalue weighted by atomic mass is 9.93.